The number of phosphoric acid groups is 1. The summed E-state index contributed by atoms with van der Waals surface area (Å²) in [6.07, 6.45) is 0.639. The summed E-state index contributed by atoms with van der Waals surface area (Å²) >= 11 is 12.4. The van der Waals surface area contributed by atoms with Gasteiger partial charge in [-0.3, -0.25) is 23.3 Å². The molecule has 35 heavy (non-hydrogen) atoms. The quantitative estimate of drug-likeness (QED) is 0.323. The van der Waals surface area contributed by atoms with E-state index in [0.717, 1.165) is 0 Å². The van der Waals surface area contributed by atoms with Crippen molar-refractivity contribution in [2.45, 2.75) is 31.1 Å². The first-order chi connectivity index (χ1) is 16.7. The molecule has 11 nitrogen and oxygen atoms in total. The van der Waals surface area contributed by atoms with Gasteiger partial charge in [-0.2, -0.15) is 4.98 Å². The molecule has 2 aliphatic rings. The van der Waals surface area contributed by atoms with E-state index in [1.54, 1.807) is 22.8 Å². The van der Waals surface area contributed by atoms with Crippen molar-refractivity contribution in [1.82, 2.24) is 19.5 Å². The number of benzene rings is 1. The molecule has 0 spiro atoms. The summed E-state index contributed by atoms with van der Waals surface area (Å²) in [5.74, 6) is -0.628. The molecule has 1 saturated carbocycles. The van der Waals surface area contributed by atoms with Crippen LogP contribution in [0.1, 0.15) is 30.6 Å². The van der Waals surface area contributed by atoms with Crippen molar-refractivity contribution in [2.75, 3.05) is 18.9 Å². The number of aliphatic hydroxyl groups excluding tert-OH is 1. The molecule has 2 aromatic heterocycles. The van der Waals surface area contributed by atoms with Crippen LogP contribution in [0.15, 0.2) is 41.5 Å². The van der Waals surface area contributed by atoms with Gasteiger partial charge in [0, 0.05) is 17.9 Å². The summed E-state index contributed by atoms with van der Waals surface area (Å²) in [5.41, 5.74) is 6.80. The number of rotatable bonds is 5. The number of aromatic nitrogens is 4. The van der Waals surface area contributed by atoms with Crippen molar-refractivity contribution in [3.05, 3.63) is 62.6 Å². The van der Waals surface area contributed by atoms with Crippen molar-refractivity contribution in [2.24, 2.45) is 5.92 Å². The molecule has 186 valence electrons. The van der Waals surface area contributed by atoms with Gasteiger partial charge in [-0.25, -0.2) is 9.55 Å². The molecule has 0 unspecified atom stereocenters. The monoisotopic (exact) mass is 541 g/mol. The molecule has 4 N–H and O–H groups in total. The number of fused-ring (bicyclic) bond motifs is 1. The third-order valence-corrected chi connectivity index (χ3v) is 8.56. The molecule has 2 fully saturated rings. The summed E-state index contributed by atoms with van der Waals surface area (Å²) in [4.78, 5) is 22.8. The Hall–Kier alpha value is -2.24. The molecule has 1 aliphatic heterocycles. The minimum absolute atomic E-state index is 0.0488. The minimum atomic E-state index is -3.95. The molecular weight excluding hydrogens is 520 g/mol. The lowest BCUT2D eigenvalue weighted by Gasteiger charge is -2.30. The Labute approximate surface area is 209 Å². The number of nitrogens with one attached hydrogen (secondary N) is 1. The predicted octanol–water partition coefficient (Wildman–Crippen LogP) is 3.79. The molecule has 1 saturated heterocycles. The van der Waals surface area contributed by atoms with Crippen molar-refractivity contribution in [1.29, 1.82) is 0 Å². The van der Waals surface area contributed by atoms with E-state index in [9.17, 15) is 14.5 Å². The minimum Gasteiger partial charge on any atom is -0.392 e. The van der Waals surface area contributed by atoms with Crippen molar-refractivity contribution in [3.8, 4) is 0 Å². The van der Waals surface area contributed by atoms with Crippen LogP contribution < -0.4 is 11.3 Å². The van der Waals surface area contributed by atoms with Gasteiger partial charge in [-0.1, -0.05) is 41.9 Å². The summed E-state index contributed by atoms with van der Waals surface area (Å²) in [5, 5.41) is 11.4. The molecule has 0 bridgehead atoms. The molecule has 1 aromatic carbocycles. The van der Waals surface area contributed by atoms with Gasteiger partial charge in [0.2, 0.25) is 5.95 Å². The van der Waals surface area contributed by atoms with Gasteiger partial charge in [-0.05, 0) is 18.1 Å². The Kier molecular flexibility index (Phi) is 6.52. The second-order valence-corrected chi connectivity index (χ2v) is 10.8. The van der Waals surface area contributed by atoms with E-state index in [1.165, 1.54) is 6.33 Å². The molecule has 5 rings (SSSR count). The van der Waals surface area contributed by atoms with Crippen molar-refractivity contribution >= 4 is 48.1 Å². The van der Waals surface area contributed by atoms with Crippen LogP contribution in [0.2, 0.25) is 10.0 Å². The van der Waals surface area contributed by atoms with E-state index in [0.29, 0.717) is 27.6 Å². The molecule has 3 heterocycles. The Morgan fingerprint density at radius 3 is 3.00 bits per heavy atom. The van der Waals surface area contributed by atoms with E-state index >= 15 is 0 Å². The number of hydrogen-bond donors (Lipinski definition) is 3. The van der Waals surface area contributed by atoms with Crippen LogP contribution in [0.25, 0.3) is 11.2 Å². The lowest BCUT2D eigenvalue weighted by atomic mass is 10.0. The smallest absolute Gasteiger partial charge is 0.392 e. The van der Waals surface area contributed by atoms with Gasteiger partial charge < -0.3 is 15.4 Å². The standard InChI is InChI=1S/C21H22Cl2N5O6P/c1-10-12(15(29)7-14(10)28-9-25-18-19(28)26-21(24)27-20(18)30)8-33-35(31)32-6-5-16(34-35)11-3-2-4-13(22)17(11)23/h2-4,9,12,14-16,29H,1,5-8H2,(H3,24,26,27,30)/t12-,14-,15-,16+,35-/m0/s1. The lowest BCUT2D eigenvalue weighted by Crippen LogP contribution is -2.22. The number of hydrogen-bond acceptors (Lipinski definition) is 9. The number of halogens is 2. The van der Waals surface area contributed by atoms with Crippen LogP contribution in [0, 0.1) is 5.92 Å². The molecular formula is C21H22Cl2N5O6P. The van der Waals surface area contributed by atoms with E-state index in [4.69, 9.17) is 42.5 Å². The highest BCUT2D eigenvalue weighted by atomic mass is 35.5. The van der Waals surface area contributed by atoms with Gasteiger partial charge in [0.15, 0.2) is 11.2 Å². The second kappa shape index (κ2) is 9.33. The Balaban J connectivity index is 1.31. The fourth-order valence-electron chi connectivity index (χ4n) is 4.45. The van der Waals surface area contributed by atoms with Crippen LogP contribution >= 0.6 is 31.0 Å². The van der Waals surface area contributed by atoms with Gasteiger partial charge in [0.1, 0.15) is 0 Å². The fraction of sp³-hybridized carbons (Fsp3) is 0.381. The number of H-pyrrole nitrogens is 1. The third kappa shape index (κ3) is 4.53. The third-order valence-electron chi connectivity index (χ3n) is 6.25. The van der Waals surface area contributed by atoms with Crippen molar-refractivity contribution in [3.63, 3.8) is 0 Å². The second-order valence-electron chi connectivity index (χ2n) is 8.38. The van der Waals surface area contributed by atoms with Crippen molar-refractivity contribution < 1.29 is 23.2 Å². The summed E-state index contributed by atoms with van der Waals surface area (Å²) in [7, 11) is -3.95. The van der Waals surface area contributed by atoms with Crippen LogP contribution in [0.3, 0.4) is 0 Å². The topological polar surface area (TPSA) is 155 Å². The normalized spacial score (nSPS) is 29.2. The molecule has 1 aliphatic carbocycles. The van der Waals surface area contributed by atoms with Crippen LogP contribution in [-0.2, 0) is 18.1 Å². The average Bonchev–Trinajstić information content (AvgIpc) is 3.34. The Morgan fingerprint density at radius 1 is 1.40 bits per heavy atom. The highest BCUT2D eigenvalue weighted by Crippen LogP contribution is 2.58. The molecule has 5 atom stereocenters. The summed E-state index contributed by atoms with van der Waals surface area (Å²) in [6.45, 7) is 4.08. The first kappa shape index (κ1) is 24.5. The maximum atomic E-state index is 13.2. The number of imidazole rings is 1. The number of aromatic amines is 1. The SMILES string of the molecule is C=C1[C@H](CO[P@]2(=O)OCC[C@H](c3cccc(Cl)c3Cl)O2)[C@@H](O)C[C@@H]1n1cnc2c(=O)[nH]c(N)nc21. The summed E-state index contributed by atoms with van der Waals surface area (Å²) in [6, 6.07) is 4.69. The van der Waals surface area contributed by atoms with Gasteiger partial charge >= 0.3 is 7.82 Å². The zero-order chi connectivity index (χ0) is 24.9. The predicted molar refractivity (Wildman–Crippen MR) is 129 cm³/mol. The van der Waals surface area contributed by atoms with E-state index < -0.39 is 37.5 Å². The first-order valence-corrected chi connectivity index (χ1v) is 13.0. The molecule has 3 aromatic rings. The first-order valence-electron chi connectivity index (χ1n) is 10.8. The zero-order valence-electron chi connectivity index (χ0n) is 18.3. The number of anilines is 1. The van der Waals surface area contributed by atoms with E-state index in [2.05, 4.69) is 21.5 Å². The Morgan fingerprint density at radius 2 is 2.20 bits per heavy atom. The number of nitrogen functional groups attached to an aromatic ring is 1. The number of aliphatic hydroxyl groups is 1. The highest BCUT2D eigenvalue weighted by molar-refractivity contribution is 7.48. The van der Waals surface area contributed by atoms with Gasteiger partial charge in [0.05, 0.1) is 47.8 Å². The van der Waals surface area contributed by atoms with Gasteiger partial charge in [0.25, 0.3) is 5.56 Å². The maximum absolute atomic E-state index is 13.2. The fourth-order valence-corrected chi connectivity index (χ4v) is 6.28. The van der Waals surface area contributed by atoms with E-state index in [1.807, 2.05) is 0 Å². The van der Waals surface area contributed by atoms with E-state index in [-0.39, 0.29) is 36.7 Å². The highest BCUT2D eigenvalue weighted by Gasteiger charge is 2.42. The van der Waals surface area contributed by atoms with Crippen LogP contribution in [0.4, 0.5) is 5.95 Å². The maximum Gasteiger partial charge on any atom is 0.475 e. The zero-order valence-corrected chi connectivity index (χ0v) is 20.7. The average molecular weight is 542 g/mol. The number of phosphoric ester groups is 1. The molecule has 0 amide bonds. The lowest BCUT2D eigenvalue weighted by molar-refractivity contribution is 0.0166. The molecule has 14 heteroatoms. The Bertz CT molecular complexity index is 1410. The van der Waals surface area contributed by atoms with Gasteiger partial charge in [-0.15, -0.1) is 0 Å². The number of nitrogens with zero attached hydrogens (tertiary/aromatic N) is 3. The summed E-state index contributed by atoms with van der Waals surface area (Å²) < 4.78 is 31.5. The molecule has 0 radical (unpaired) electrons. The largest absolute Gasteiger partial charge is 0.475 e. The van der Waals surface area contributed by atoms with Crippen LogP contribution in [-0.4, -0.2) is 43.9 Å². The number of nitrogens with two attached hydrogens (primary N) is 1. The van der Waals surface area contributed by atoms with Crippen LogP contribution in [0.5, 0.6) is 0 Å².